The molecule has 260 valence electrons. The van der Waals surface area contributed by atoms with Gasteiger partial charge in [-0.05, 0) is 103 Å². The lowest BCUT2D eigenvalue weighted by atomic mass is 10.00. The van der Waals surface area contributed by atoms with Crippen molar-refractivity contribution in [3.05, 3.63) is 57.6 Å². The summed E-state index contributed by atoms with van der Waals surface area (Å²) in [6, 6.07) is 10.2. The van der Waals surface area contributed by atoms with Gasteiger partial charge in [-0.3, -0.25) is 4.79 Å². The number of nitrogens with two attached hydrogens (primary N) is 1. The molecular formula is C34H42BrF3N6O4. The molecular weight excluding hydrogens is 693 g/mol. The van der Waals surface area contributed by atoms with Crippen LogP contribution in [0.4, 0.5) is 34.1 Å². The molecule has 1 atom stereocenters. The lowest BCUT2D eigenvalue weighted by Crippen LogP contribution is -2.52. The van der Waals surface area contributed by atoms with Gasteiger partial charge >= 0.3 is 18.3 Å². The summed E-state index contributed by atoms with van der Waals surface area (Å²) in [5, 5.41) is 2.99. The quantitative estimate of drug-likeness (QED) is 0.367. The van der Waals surface area contributed by atoms with Crippen LogP contribution < -0.4 is 11.1 Å². The molecule has 3 saturated heterocycles. The summed E-state index contributed by atoms with van der Waals surface area (Å²) >= 11 is 3.13. The van der Waals surface area contributed by atoms with Crippen LogP contribution >= 0.6 is 15.9 Å². The fourth-order valence-electron chi connectivity index (χ4n) is 7.48. The molecule has 2 aromatic rings. The number of nitrogen functional groups attached to an aromatic ring is 1. The van der Waals surface area contributed by atoms with Crippen LogP contribution in [0.1, 0.15) is 55.2 Å². The number of piperidine rings is 2. The average Bonchev–Trinajstić information content (AvgIpc) is 3.56. The maximum absolute atomic E-state index is 13.9. The average molecular weight is 736 g/mol. The second kappa shape index (κ2) is 14.5. The van der Waals surface area contributed by atoms with E-state index in [9.17, 15) is 27.6 Å². The molecule has 6 rings (SSSR count). The summed E-state index contributed by atoms with van der Waals surface area (Å²) < 4.78 is 47.3. The van der Waals surface area contributed by atoms with Gasteiger partial charge in [0.1, 0.15) is 0 Å². The van der Waals surface area contributed by atoms with E-state index < -0.39 is 35.5 Å². The predicted octanol–water partition coefficient (Wildman–Crippen LogP) is 5.74. The summed E-state index contributed by atoms with van der Waals surface area (Å²) in [6.07, 6.45) is -1.24. The van der Waals surface area contributed by atoms with Crippen molar-refractivity contribution in [1.29, 1.82) is 0 Å². The smallest absolute Gasteiger partial charge is 0.418 e. The maximum Gasteiger partial charge on any atom is 0.418 e. The molecule has 10 nitrogen and oxygen atoms in total. The van der Waals surface area contributed by atoms with Gasteiger partial charge in [0.15, 0.2) is 6.10 Å². The number of carbonyl (C=O) groups is 3. The summed E-state index contributed by atoms with van der Waals surface area (Å²) in [5.74, 6) is -0.416. The Morgan fingerprint density at radius 1 is 0.938 bits per heavy atom. The van der Waals surface area contributed by atoms with Crippen molar-refractivity contribution < 1.29 is 32.3 Å². The van der Waals surface area contributed by atoms with Crippen LogP contribution in [0.15, 0.2) is 40.9 Å². The molecule has 0 bridgehead atoms. The summed E-state index contributed by atoms with van der Waals surface area (Å²) in [5.41, 5.74) is 6.31. The Kier molecular flexibility index (Phi) is 10.4. The number of nitrogens with one attached hydrogen (secondary N) is 1. The zero-order valence-corrected chi connectivity index (χ0v) is 28.4. The number of fused-ring (bicyclic) bond motifs is 1. The van der Waals surface area contributed by atoms with Crippen LogP contribution in [0.2, 0.25) is 0 Å². The Labute approximate surface area is 286 Å². The minimum Gasteiger partial charge on any atom is -0.436 e. The summed E-state index contributed by atoms with van der Waals surface area (Å²) in [4.78, 5) is 48.0. The Balaban J connectivity index is 1.12. The number of nitrogens with zero attached hydrogens (tertiary/aromatic N) is 4. The van der Waals surface area contributed by atoms with Gasteiger partial charge in [0.2, 0.25) is 0 Å². The number of halogens is 4. The summed E-state index contributed by atoms with van der Waals surface area (Å²) in [7, 11) is 0. The summed E-state index contributed by atoms with van der Waals surface area (Å²) in [6.45, 7) is 4.27. The van der Waals surface area contributed by atoms with Gasteiger partial charge in [0, 0.05) is 61.4 Å². The highest BCUT2D eigenvalue weighted by Crippen LogP contribution is 2.38. The van der Waals surface area contributed by atoms with E-state index in [1.165, 1.54) is 23.8 Å². The van der Waals surface area contributed by atoms with Crippen molar-refractivity contribution in [2.24, 2.45) is 0 Å². The highest BCUT2D eigenvalue weighted by atomic mass is 79.9. The standard InChI is InChI=1S/C34H42BrF3N6O4/c35-27-20-22(19-26(30(27)39)34(36,37)38)21-29(31(45)42-14-8-24(9-15-42)41-12-3-4-13-41)48-33(47)43-16-10-25(11-17-43)44-18-7-23-5-1-2-6-28(23)40-32(44)46/h1-2,5-6,19-20,24-25,29H,3-4,7-18,21,39H2,(H,40,46)/t29-/m1/s1. The van der Waals surface area contributed by atoms with Crippen LogP contribution in [-0.4, -0.2) is 102 Å². The van der Waals surface area contributed by atoms with Crippen molar-refractivity contribution in [1.82, 2.24) is 19.6 Å². The maximum atomic E-state index is 13.9. The molecule has 3 fully saturated rings. The van der Waals surface area contributed by atoms with E-state index in [2.05, 4.69) is 26.1 Å². The van der Waals surface area contributed by atoms with Gasteiger partial charge in [-0.15, -0.1) is 0 Å². The number of amides is 4. The first-order chi connectivity index (χ1) is 23.0. The largest absolute Gasteiger partial charge is 0.436 e. The molecule has 48 heavy (non-hydrogen) atoms. The Bertz CT molecular complexity index is 1500. The van der Waals surface area contributed by atoms with Crippen molar-refractivity contribution >= 4 is 45.3 Å². The molecule has 4 heterocycles. The lowest BCUT2D eigenvalue weighted by Gasteiger charge is -2.39. The normalized spacial score (nSPS) is 20.7. The lowest BCUT2D eigenvalue weighted by molar-refractivity contribution is -0.142. The third-order valence-electron chi connectivity index (χ3n) is 10.2. The molecule has 2 aromatic carbocycles. The molecule has 0 radical (unpaired) electrons. The number of alkyl halides is 3. The Morgan fingerprint density at radius 3 is 2.27 bits per heavy atom. The minimum atomic E-state index is -4.70. The molecule has 3 N–H and O–H groups in total. The van der Waals surface area contributed by atoms with Crippen molar-refractivity contribution in [2.45, 2.75) is 75.7 Å². The number of para-hydroxylation sites is 1. The molecule has 0 spiro atoms. The van der Waals surface area contributed by atoms with Crippen molar-refractivity contribution in [3.63, 3.8) is 0 Å². The third kappa shape index (κ3) is 7.69. The first kappa shape index (κ1) is 34.3. The zero-order valence-electron chi connectivity index (χ0n) is 26.8. The molecule has 0 saturated carbocycles. The molecule has 0 unspecified atom stereocenters. The molecule has 0 aliphatic carbocycles. The minimum absolute atomic E-state index is 0.0546. The second-order valence-corrected chi connectivity index (χ2v) is 14.0. The molecule has 4 aliphatic rings. The van der Waals surface area contributed by atoms with Gasteiger partial charge < -0.3 is 35.4 Å². The van der Waals surface area contributed by atoms with Crippen LogP contribution in [-0.2, 0) is 28.5 Å². The van der Waals surface area contributed by atoms with Crippen molar-refractivity contribution in [3.8, 4) is 0 Å². The Morgan fingerprint density at radius 2 is 1.58 bits per heavy atom. The monoisotopic (exact) mass is 734 g/mol. The van der Waals surface area contributed by atoms with E-state index in [1.807, 2.05) is 29.2 Å². The number of hydrogen-bond acceptors (Lipinski definition) is 6. The number of rotatable bonds is 6. The molecule has 4 amide bonds. The van der Waals surface area contributed by atoms with E-state index >= 15 is 0 Å². The number of carbonyl (C=O) groups excluding carboxylic acids is 3. The molecule has 0 aromatic heterocycles. The first-order valence-electron chi connectivity index (χ1n) is 16.8. The second-order valence-electron chi connectivity index (χ2n) is 13.2. The fourth-order valence-corrected chi connectivity index (χ4v) is 7.98. The van der Waals surface area contributed by atoms with Crippen LogP contribution in [0.5, 0.6) is 0 Å². The highest BCUT2D eigenvalue weighted by Gasteiger charge is 2.38. The van der Waals surface area contributed by atoms with Gasteiger partial charge in [0.05, 0.1) is 11.3 Å². The highest BCUT2D eigenvalue weighted by molar-refractivity contribution is 9.10. The fraction of sp³-hybridized carbons (Fsp3) is 0.559. The van der Waals surface area contributed by atoms with E-state index in [-0.39, 0.29) is 28.5 Å². The number of anilines is 2. The molecule has 4 aliphatic heterocycles. The van der Waals surface area contributed by atoms with Gasteiger partial charge in [0.25, 0.3) is 5.91 Å². The molecule has 14 heteroatoms. The topological polar surface area (TPSA) is 111 Å². The van der Waals surface area contributed by atoms with Gasteiger partial charge in [-0.1, -0.05) is 18.2 Å². The first-order valence-corrected chi connectivity index (χ1v) is 17.6. The van der Waals surface area contributed by atoms with Crippen molar-refractivity contribution in [2.75, 3.05) is 56.9 Å². The van der Waals surface area contributed by atoms with E-state index in [4.69, 9.17) is 10.5 Å². The van der Waals surface area contributed by atoms with Crippen LogP contribution in [0.25, 0.3) is 0 Å². The van der Waals surface area contributed by atoms with E-state index in [1.54, 1.807) is 4.90 Å². The number of benzene rings is 2. The zero-order chi connectivity index (χ0) is 34.0. The predicted molar refractivity (Wildman–Crippen MR) is 178 cm³/mol. The SMILES string of the molecule is Nc1c(Br)cc(C[C@@H](OC(=O)N2CCC(N3CCc4ccccc4NC3=O)CC2)C(=O)N2CCC(N3CCCC3)CC2)cc1C(F)(F)F. The van der Waals surface area contributed by atoms with Crippen LogP contribution in [0.3, 0.4) is 0 Å². The van der Waals surface area contributed by atoms with Gasteiger partial charge in [-0.25, -0.2) is 9.59 Å². The Hall–Kier alpha value is -3.52. The van der Waals surface area contributed by atoms with E-state index in [0.717, 1.165) is 43.2 Å². The van der Waals surface area contributed by atoms with E-state index in [0.29, 0.717) is 58.0 Å². The number of ether oxygens (including phenoxy) is 1. The number of urea groups is 1. The number of likely N-dealkylation sites (tertiary alicyclic amines) is 3. The van der Waals surface area contributed by atoms with Crippen LogP contribution in [0, 0.1) is 0 Å². The van der Waals surface area contributed by atoms with Gasteiger partial charge in [-0.2, -0.15) is 13.2 Å². The third-order valence-corrected chi connectivity index (χ3v) is 10.8. The number of hydrogen-bond donors (Lipinski definition) is 2.